The number of hydrogen-bond acceptors (Lipinski definition) is 2. The molecule has 1 aromatic rings. The van der Waals surface area contributed by atoms with Gasteiger partial charge in [0.05, 0.1) is 0 Å². The molecule has 110 valence electrons. The van der Waals surface area contributed by atoms with Crippen molar-refractivity contribution in [2.75, 3.05) is 25.0 Å². The topological polar surface area (TPSA) is 32.3 Å². The average molecular weight is 282 g/mol. The van der Waals surface area contributed by atoms with Crippen molar-refractivity contribution in [3.05, 3.63) is 29.3 Å². The number of carbonyl (C=O) groups excluding carboxylic acids is 1. The number of hydrogen-bond donors (Lipinski definition) is 1. The van der Waals surface area contributed by atoms with Crippen LogP contribution in [0, 0.1) is 11.6 Å². The van der Waals surface area contributed by atoms with Crippen LogP contribution >= 0.6 is 0 Å². The lowest BCUT2D eigenvalue weighted by molar-refractivity contribution is 0.0760. The largest absolute Gasteiger partial charge is 0.381 e. The molecule has 0 aliphatic carbocycles. The summed E-state index contributed by atoms with van der Waals surface area (Å²) in [6.45, 7) is 3.51. The van der Waals surface area contributed by atoms with Gasteiger partial charge in [-0.2, -0.15) is 0 Å². The fourth-order valence-electron chi connectivity index (χ4n) is 2.50. The zero-order chi connectivity index (χ0) is 14.5. The fourth-order valence-corrected chi connectivity index (χ4v) is 2.50. The maximum Gasteiger partial charge on any atom is 0.254 e. The third kappa shape index (κ3) is 3.26. The zero-order valence-electron chi connectivity index (χ0n) is 11.7. The minimum absolute atomic E-state index is 0.0866. The third-order valence-electron chi connectivity index (χ3n) is 3.54. The summed E-state index contributed by atoms with van der Waals surface area (Å²) in [4.78, 5) is 14.0. The molecule has 0 atom stereocenters. The molecule has 1 saturated heterocycles. The Morgan fingerprint density at radius 3 is 2.20 bits per heavy atom. The fraction of sp³-hybridized carbons (Fsp3) is 0.533. The highest BCUT2D eigenvalue weighted by Gasteiger charge is 2.20. The van der Waals surface area contributed by atoms with Crippen molar-refractivity contribution in [1.29, 1.82) is 0 Å². The Kier molecular flexibility index (Phi) is 4.93. The van der Waals surface area contributed by atoms with E-state index in [4.69, 9.17) is 0 Å². The van der Waals surface area contributed by atoms with Gasteiger partial charge in [0.25, 0.3) is 5.91 Å². The van der Waals surface area contributed by atoms with Crippen LogP contribution in [0.1, 0.15) is 43.0 Å². The standard InChI is InChI=1S/C15H20F2N2O/c1-2-18-14-12(16)9-11(10-13(14)17)15(20)19-7-5-3-4-6-8-19/h9-10,18H,2-8H2,1H3. The molecule has 1 heterocycles. The van der Waals surface area contributed by atoms with Crippen molar-refractivity contribution in [1.82, 2.24) is 4.90 Å². The minimum Gasteiger partial charge on any atom is -0.381 e. The molecule has 0 saturated carbocycles. The summed E-state index contributed by atoms with van der Waals surface area (Å²) in [7, 11) is 0. The number of likely N-dealkylation sites (tertiary alicyclic amines) is 1. The van der Waals surface area contributed by atoms with Gasteiger partial charge in [-0.05, 0) is 31.9 Å². The minimum atomic E-state index is -0.718. The lowest BCUT2D eigenvalue weighted by Gasteiger charge is -2.20. The summed E-state index contributed by atoms with van der Waals surface area (Å²) in [6.07, 6.45) is 4.11. The Hall–Kier alpha value is -1.65. The van der Waals surface area contributed by atoms with Crippen molar-refractivity contribution < 1.29 is 13.6 Å². The molecule has 1 aliphatic rings. The van der Waals surface area contributed by atoms with Crippen LogP contribution in [-0.2, 0) is 0 Å². The molecule has 3 nitrogen and oxygen atoms in total. The molecule has 20 heavy (non-hydrogen) atoms. The second-order valence-corrected chi connectivity index (χ2v) is 5.05. The van der Waals surface area contributed by atoms with Gasteiger partial charge in [0.1, 0.15) is 17.3 Å². The predicted octanol–water partition coefficient (Wildman–Crippen LogP) is 3.41. The molecule has 1 N–H and O–H groups in total. The molecule has 0 bridgehead atoms. The first-order valence-corrected chi connectivity index (χ1v) is 7.15. The second-order valence-electron chi connectivity index (χ2n) is 5.05. The zero-order valence-corrected chi connectivity index (χ0v) is 11.7. The normalized spacial score (nSPS) is 15.8. The summed E-state index contributed by atoms with van der Waals surface area (Å²) in [6, 6.07) is 2.24. The summed E-state index contributed by atoms with van der Waals surface area (Å²) in [5, 5.41) is 2.62. The molecule has 0 spiro atoms. The van der Waals surface area contributed by atoms with Gasteiger partial charge in [0, 0.05) is 25.2 Å². The van der Waals surface area contributed by atoms with E-state index in [1.807, 2.05) is 0 Å². The average Bonchev–Trinajstić information content (AvgIpc) is 2.70. The molecular weight excluding hydrogens is 262 g/mol. The van der Waals surface area contributed by atoms with E-state index in [2.05, 4.69) is 5.32 Å². The molecule has 1 aromatic carbocycles. The van der Waals surface area contributed by atoms with Gasteiger partial charge in [-0.1, -0.05) is 12.8 Å². The highest BCUT2D eigenvalue weighted by atomic mass is 19.1. The first-order chi connectivity index (χ1) is 9.63. The number of halogens is 2. The van der Waals surface area contributed by atoms with Crippen LogP contribution in [0.15, 0.2) is 12.1 Å². The van der Waals surface area contributed by atoms with Crippen LogP contribution in [0.2, 0.25) is 0 Å². The van der Waals surface area contributed by atoms with Crippen LogP contribution in [0.25, 0.3) is 0 Å². The first kappa shape index (κ1) is 14.8. The van der Waals surface area contributed by atoms with E-state index in [1.54, 1.807) is 11.8 Å². The van der Waals surface area contributed by atoms with Gasteiger partial charge < -0.3 is 10.2 Å². The highest BCUT2D eigenvalue weighted by Crippen LogP contribution is 2.22. The summed E-state index contributed by atoms with van der Waals surface area (Å²) >= 11 is 0. The van der Waals surface area contributed by atoms with Crippen molar-refractivity contribution >= 4 is 11.6 Å². The van der Waals surface area contributed by atoms with Crippen LogP contribution < -0.4 is 5.32 Å². The number of rotatable bonds is 3. The SMILES string of the molecule is CCNc1c(F)cc(C(=O)N2CCCCCC2)cc1F. The quantitative estimate of drug-likeness (QED) is 0.921. The Labute approximate surface area is 118 Å². The van der Waals surface area contributed by atoms with E-state index in [9.17, 15) is 13.6 Å². The van der Waals surface area contributed by atoms with Crippen molar-refractivity contribution in [3.63, 3.8) is 0 Å². The Bertz CT molecular complexity index is 460. The molecule has 1 aliphatic heterocycles. The van der Waals surface area contributed by atoms with Gasteiger partial charge >= 0.3 is 0 Å². The summed E-state index contributed by atoms with van der Waals surface area (Å²) < 4.78 is 27.7. The maximum atomic E-state index is 13.8. The van der Waals surface area contributed by atoms with E-state index in [-0.39, 0.29) is 17.2 Å². The van der Waals surface area contributed by atoms with Gasteiger partial charge in [0.15, 0.2) is 0 Å². The third-order valence-corrected chi connectivity index (χ3v) is 3.54. The monoisotopic (exact) mass is 282 g/mol. The number of amides is 1. The summed E-state index contributed by atoms with van der Waals surface area (Å²) in [5.41, 5.74) is -0.0801. The number of nitrogens with one attached hydrogen (secondary N) is 1. The molecule has 5 heteroatoms. The van der Waals surface area contributed by atoms with Crippen LogP contribution in [0.4, 0.5) is 14.5 Å². The van der Waals surface area contributed by atoms with E-state index < -0.39 is 11.6 Å². The molecular formula is C15H20F2N2O. The van der Waals surface area contributed by atoms with Gasteiger partial charge in [-0.25, -0.2) is 8.78 Å². The van der Waals surface area contributed by atoms with Gasteiger partial charge in [-0.3, -0.25) is 4.79 Å². The maximum absolute atomic E-state index is 13.8. The van der Waals surface area contributed by atoms with E-state index >= 15 is 0 Å². The summed E-state index contributed by atoms with van der Waals surface area (Å²) in [5.74, 6) is -1.72. The van der Waals surface area contributed by atoms with Crippen molar-refractivity contribution in [2.45, 2.75) is 32.6 Å². The van der Waals surface area contributed by atoms with Crippen LogP contribution in [0.5, 0.6) is 0 Å². The van der Waals surface area contributed by atoms with Crippen LogP contribution in [-0.4, -0.2) is 30.4 Å². The predicted molar refractivity (Wildman–Crippen MR) is 74.9 cm³/mol. The Morgan fingerprint density at radius 1 is 1.15 bits per heavy atom. The smallest absolute Gasteiger partial charge is 0.254 e. The first-order valence-electron chi connectivity index (χ1n) is 7.15. The lowest BCUT2D eigenvalue weighted by atomic mass is 10.1. The number of nitrogens with zero attached hydrogens (tertiary/aromatic N) is 1. The number of anilines is 1. The van der Waals surface area contributed by atoms with E-state index in [1.165, 1.54) is 0 Å². The second kappa shape index (κ2) is 6.68. The van der Waals surface area contributed by atoms with Crippen molar-refractivity contribution in [2.24, 2.45) is 0 Å². The van der Waals surface area contributed by atoms with Crippen LogP contribution in [0.3, 0.4) is 0 Å². The highest BCUT2D eigenvalue weighted by molar-refractivity contribution is 5.94. The molecule has 0 aromatic heterocycles. The Balaban J connectivity index is 2.21. The Morgan fingerprint density at radius 2 is 1.70 bits per heavy atom. The van der Waals surface area contributed by atoms with E-state index in [0.29, 0.717) is 19.6 Å². The lowest BCUT2D eigenvalue weighted by Crippen LogP contribution is -2.32. The van der Waals surface area contributed by atoms with Gasteiger partial charge in [0.2, 0.25) is 0 Å². The molecule has 1 amide bonds. The molecule has 1 fully saturated rings. The van der Waals surface area contributed by atoms with E-state index in [0.717, 1.165) is 37.8 Å². The molecule has 0 radical (unpaired) electrons. The molecule has 2 rings (SSSR count). The van der Waals surface area contributed by atoms with Gasteiger partial charge in [-0.15, -0.1) is 0 Å². The molecule has 0 unspecified atom stereocenters. The number of benzene rings is 1. The number of carbonyl (C=O) groups is 1. The van der Waals surface area contributed by atoms with Crippen molar-refractivity contribution in [3.8, 4) is 0 Å².